The van der Waals surface area contributed by atoms with E-state index in [-0.39, 0.29) is 47.6 Å². The first-order valence-electron chi connectivity index (χ1n) is 9.44. The molecular formula is C22H25Cl2FN2OS. The molecule has 2 aromatic rings. The molecule has 0 N–H and O–H groups in total. The summed E-state index contributed by atoms with van der Waals surface area (Å²) in [7, 11) is 0. The zero-order valence-corrected chi connectivity index (χ0v) is 18.4. The maximum Gasteiger partial charge on any atom is 0.157 e. The van der Waals surface area contributed by atoms with E-state index in [1.165, 1.54) is 6.07 Å². The van der Waals surface area contributed by atoms with E-state index >= 15 is 0 Å². The lowest BCUT2D eigenvalue weighted by molar-refractivity contribution is -0.126. The van der Waals surface area contributed by atoms with E-state index in [9.17, 15) is 9.18 Å². The Morgan fingerprint density at radius 1 is 1.14 bits per heavy atom. The molecule has 1 aliphatic heterocycles. The Labute approximate surface area is 189 Å². The van der Waals surface area contributed by atoms with Gasteiger partial charge in [-0.1, -0.05) is 24.3 Å². The minimum Gasteiger partial charge on any atom is -0.297 e. The minimum atomic E-state index is -0.514. The molecule has 1 aromatic heterocycles. The molecule has 0 radical (unpaired) electrons. The Balaban J connectivity index is 0.00000150. The van der Waals surface area contributed by atoms with Crippen LogP contribution in [0.2, 0.25) is 0 Å². The van der Waals surface area contributed by atoms with E-state index in [1.807, 2.05) is 18.2 Å². The molecule has 2 fully saturated rings. The molecule has 2 heterocycles. The van der Waals surface area contributed by atoms with Gasteiger partial charge in [0, 0.05) is 42.2 Å². The van der Waals surface area contributed by atoms with Crippen LogP contribution in [0.15, 0.2) is 54.4 Å². The fraction of sp³-hybridized carbons (Fsp3) is 0.364. The number of piperidine rings is 1. The monoisotopic (exact) mass is 454 g/mol. The van der Waals surface area contributed by atoms with Crippen molar-refractivity contribution in [2.75, 3.05) is 13.1 Å². The molecule has 0 amide bonds. The molecule has 1 aromatic carbocycles. The lowest BCUT2D eigenvalue weighted by Crippen LogP contribution is -2.42. The summed E-state index contributed by atoms with van der Waals surface area (Å²) in [5.41, 5.74) is 2.72. The first kappa shape index (κ1) is 23.9. The summed E-state index contributed by atoms with van der Waals surface area (Å²) in [5, 5.41) is 0.145. The number of aromatic nitrogens is 1. The highest BCUT2D eigenvalue weighted by Crippen LogP contribution is 2.39. The number of hydrogen-bond acceptors (Lipinski definition) is 4. The molecule has 0 spiro atoms. The van der Waals surface area contributed by atoms with Crippen LogP contribution in [0.4, 0.5) is 4.39 Å². The van der Waals surface area contributed by atoms with Gasteiger partial charge in [-0.15, -0.1) is 24.8 Å². The highest BCUT2D eigenvalue weighted by Gasteiger charge is 2.40. The summed E-state index contributed by atoms with van der Waals surface area (Å²) in [6.07, 6.45) is 8.33. The van der Waals surface area contributed by atoms with Crippen molar-refractivity contribution in [1.82, 2.24) is 9.88 Å². The van der Waals surface area contributed by atoms with Gasteiger partial charge < -0.3 is 0 Å². The van der Waals surface area contributed by atoms with Crippen LogP contribution in [0.5, 0.6) is 0 Å². The van der Waals surface area contributed by atoms with Gasteiger partial charge in [0.1, 0.15) is 5.82 Å². The molecule has 156 valence electrons. The smallest absolute Gasteiger partial charge is 0.157 e. The zero-order valence-electron chi connectivity index (χ0n) is 15.9. The van der Waals surface area contributed by atoms with Crippen LogP contribution in [0.3, 0.4) is 0 Å². The maximum absolute atomic E-state index is 14.5. The molecule has 2 atom stereocenters. The average molecular weight is 455 g/mol. The second-order valence-electron chi connectivity index (χ2n) is 7.38. The van der Waals surface area contributed by atoms with Crippen LogP contribution in [-0.2, 0) is 4.79 Å². The normalized spacial score (nSPS) is 21.7. The van der Waals surface area contributed by atoms with Crippen molar-refractivity contribution in [3.05, 3.63) is 71.3 Å². The lowest BCUT2D eigenvalue weighted by atomic mass is 9.93. The zero-order chi connectivity index (χ0) is 18.8. The third-order valence-corrected chi connectivity index (χ3v) is 5.97. The second kappa shape index (κ2) is 10.6. The third kappa shape index (κ3) is 5.60. The molecule has 1 aliphatic carbocycles. The van der Waals surface area contributed by atoms with Crippen molar-refractivity contribution >= 4 is 49.3 Å². The minimum absolute atomic E-state index is 0. The van der Waals surface area contributed by atoms with Crippen LogP contribution in [0.1, 0.15) is 36.4 Å². The molecule has 1 saturated carbocycles. The highest BCUT2D eigenvalue weighted by atomic mass is 35.5. The van der Waals surface area contributed by atoms with Crippen molar-refractivity contribution in [3.63, 3.8) is 0 Å². The van der Waals surface area contributed by atoms with Gasteiger partial charge in [0.15, 0.2) is 5.78 Å². The number of benzene rings is 1. The number of carbonyl (C=O) groups is 1. The number of halogens is 3. The molecule has 1 saturated heterocycles. The molecule has 0 bridgehead atoms. The first-order valence-corrected chi connectivity index (χ1v) is 9.96. The number of pyridine rings is 1. The van der Waals surface area contributed by atoms with E-state index in [0.29, 0.717) is 12.1 Å². The first-order chi connectivity index (χ1) is 13.1. The van der Waals surface area contributed by atoms with E-state index in [4.69, 9.17) is 12.6 Å². The van der Waals surface area contributed by atoms with E-state index in [2.05, 4.69) is 16.0 Å². The highest BCUT2D eigenvalue weighted by molar-refractivity contribution is 7.81. The number of hydrogen-bond donors (Lipinski definition) is 1. The van der Waals surface area contributed by atoms with Crippen molar-refractivity contribution in [1.29, 1.82) is 0 Å². The molecule has 2 unspecified atom stereocenters. The largest absolute Gasteiger partial charge is 0.297 e. The standard InChI is InChI=1S/C22H23FN2OS.2ClH/c23-19-4-2-1-3-18(19)21(22(26)16-5-6-16)25-12-9-20(27)17(14-25)13-15-7-10-24-11-8-15;;/h1-4,7-8,10-11,13,16,20-21,27H,5-6,9,12,14H2;2*1H/b17-13+;;. The van der Waals surface area contributed by atoms with Gasteiger partial charge in [-0.2, -0.15) is 12.6 Å². The predicted octanol–water partition coefficient (Wildman–Crippen LogP) is 5.17. The number of Topliss-reactive ketones (excluding diaryl/α,β-unsaturated/α-hetero) is 1. The fourth-order valence-corrected chi connectivity index (χ4v) is 4.02. The van der Waals surface area contributed by atoms with Crippen LogP contribution in [0, 0.1) is 11.7 Å². The molecule has 4 rings (SSSR count). The van der Waals surface area contributed by atoms with E-state index in [0.717, 1.165) is 36.9 Å². The van der Waals surface area contributed by atoms with Gasteiger partial charge in [-0.25, -0.2) is 4.39 Å². The van der Waals surface area contributed by atoms with Crippen LogP contribution in [0.25, 0.3) is 6.08 Å². The Morgan fingerprint density at radius 3 is 2.48 bits per heavy atom. The van der Waals surface area contributed by atoms with E-state index < -0.39 is 6.04 Å². The Morgan fingerprint density at radius 2 is 1.83 bits per heavy atom. The second-order valence-corrected chi connectivity index (χ2v) is 8.00. The number of nitrogens with zero attached hydrogens (tertiary/aromatic N) is 2. The molecule has 3 nitrogen and oxygen atoms in total. The van der Waals surface area contributed by atoms with Gasteiger partial charge in [-0.05, 0) is 48.6 Å². The molecule has 7 heteroatoms. The summed E-state index contributed by atoms with van der Waals surface area (Å²) >= 11 is 4.74. The molecule has 2 aliphatic rings. The van der Waals surface area contributed by atoms with Gasteiger partial charge in [0.25, 0.3) is 0 Å². The van der Waals surface area contributed by atoms with Crippen molar-refractivity contribution in [2.24, 2.45) is 5.92 Å². The Hall–Kier alpha value is -1.40. The van der Waals surface area contributed by atoms with Crippen LogP contribution < -0.4 is 0 Å². The Kier molecular flexibility index (Phi) is 8.71. The summed E-state index contributed by atoms with van der Waals surface area (Å²) in [6.45, 7) is 1.35. The number of ketones is 1. The molecular weight excluding hydrogens is 430 g/mol. The van der Waals surface area contributed by atoms with Gasteiger partial charge in [-0.3, -0.25) is 14.7 Å². The number of likely N-dealkylation sites (tertiary alicyclic amines) is 1. The average Bonchev–Trinajstić information content (AvgIpc) is 3.52. The fourth-order valence-electron chi connectivity index (χ4n) is 3.75. The molecule has 29 heavy (non-hydrogen) atoms. The maximum atomic E-state index is 14.5. The topological polar surface area (TPSA) is 33.2 Å². The quantitative estimate of drug-likeness (QED) is 0.632. The lowest BCUT2D eigenvalue weighted by Gasteiger charge is -2.37. The van der Waals surface area contributed by atoms with Gasteiger partial charge in [0.2, 0.25) is 0 Å². The summed E-state index contributed by atoms with van der Waals surface area (Å²) in [6, 6.07) is 10.1. The van der Waals surface area contributed by atoms with Gasteiger partial charge >= 0.3 is 0 Å². The SMILES string of the molecule is Cl.Cl.O=C(C1CC1)C(c1ccccc1F)N1CCC(S)/C(=C/c2ccncc2)C1. The third-order valence-electron chi connectivity index (χ3n) is 5.38. The number of thiol groups is 1. The van der Waals surface area contributed by atoms with Crippen LogP contribution >= 0.6 is 37.4 Å². The predicted molar refractivity (Wildman–Crippen MR) is 123 cm³/mol. The number of carbonyl (C=O) groups excluding carboxylic acids is 1. The van der Waals surface area contributed by atoms with E-state index in [1.54, 1.807) is 24.5 Å². The van der Waals surface area contributed by atoms with Crippen molar-refractivity contribution < 1.29 is 9.18 Å². The Bertz CT molecular complexity index is 861. The summed E-state index contributed by atoms with van der Waals surface area (Å²) in [4.78, 5) is 19.2. The summed E-state index contributed by atoms with van der Waals surface area (Å²) in [5.74, 6) is -0.0684. The van der Waals surface area contributed by atoms with Crippen LogP contribution in [-0.4, -0.2) is 34.0 Å². The number of rotatable bonds is 5. The van der Waals surface area contributed by atoms with Gasteiger partial charge in [0.05, 0.1) is 6.04 Å². The van der Waals surface area contributed by atoms with Crippen molar-refractivity contribution in [2.45, 2.75) is 30.6 Å². The van der Waals surface area contributed by atoms with Crippen molar-refractivity contribution in [3.8, 4) is 0 Å². The summed E-state index contributed by atoms with van der Waals surface area (Å²) < 4.78 is 14.5.